The quantitative estimate of drug-likeness (QED) is 0.632. The second-order valence-corrected chi connectivity index (χ2v) is 5.92. The predicted octanol–water partition coefficient (Wildman–Crippen LogP) is 2.44. The highest BCUT2D eigenvalue weighted by molar-refractivity contribution is 5.59. The van der Waals surface area contributed by atoms with Gasteiger partial charge in [-0.25, -0.2) is 0 Å². The number of anilines is 1. The van der Waals surface area contributed by atoms with E-state index in [0.717, 1.165) is 25.9 Å². The molecule has 0 aliphatic carbocycles. The summed E-state index contributed by atoms with van der Waals surface area (Å²) in [7, 11) is 0. The van der Waals surface area contributed by atoms with Gasteiger partial charge in [0.2, 0.25) is 0 Å². The summed E-state index contributed by atoms with van der Waals surface area (Å²) in [5.74, 6) is -0.0195. The Kier molecular flexibility index (Phi) is 4.34. The van der Waals surface area contributed by atoms with Crippen molar-refractivity contribution in [3.63, 3.8) is 0 Å². The summed E-state index contributed by atoms with van der Waals surface area (Å²) in [5, 5.41) is 11.1. The maximum atomic E-state index is 11.1. The van der Waals surface area contributed by atoms with E-state index < -0.39 is 0 Å². The lowest BCUT2D eigenvalue weighted by molar-refractivity contribution is -0.388. The zero-order valence-electron chi connectivity index (χ0n) is 12.3. The molecule has 6 heteroatoms. The number of likely N-dealkylation sites (tertiary alicyclic amines) is 1. The molecular formula is C15H22N4O2. The van der Waals surface area contributed by atoms with E-state index in [9.17, 15) is 10.1 Å². The number of piperidine rings is 2. The van der Waals surface area contributed by atoms with Crippen molar-refractivity contribution in [3.05, 3.63) is 28.4 Å². The van der Waals surface area contributed by atoms with Gasteiger partial charge in [-0.15, -0.1) is 0 Å². The van der Waals surface area contributed by atoms with Crippen molar-refractivity contribution in [2.45, 2.75) is 38.1 Å². The highest BCUT2D eigenvalue weighted by Crippen LogP contribution is 2.29. The van der Waals surface area contributed by atoms with E-state index >= 15 is 0 Å². The summed E-state index contributed by atoms with van der Waals surface area (Å²) in [6.45, 7) is 4.21. The highest BCUT2D eigenvalue weighted by Gasteiger charge is 2.28. The van der Waals surface area contributed by atoms with Crippen molar-refractivity contribution in [2.24, 2.45) is 0 Å². The van der Waals surface area contributed by atoms with Gasteiger partial charge in [0, 0.05) is 19.1 Å². The van der Waals surface area contributed by atoms with Crippen LogP contribution in [0, 0.1) is 10.1 Å². The third-order valence-electron chi connectivity index (χ3n) is 4.65. The zero-order chi connectivity index (χ0) is 14.7. The first-order valence-corrected chi connectivity index (χ1v) is 7.84. The van der Waals surface area contributed by atoms with Crippen LogP contribution >= 0.6 is 0 Å². The summed E-state index contributed by atoms with van der Waals surface area (Å²) in [4.78, 5) is 19.3. The van der Waals surface area contributed by atoms with Crippen molar-refractivity contribution < 1.29 is 4.92 Å². The average Bonchev–Trinajstić information content (AvgIpc) is 2.56. The molecule has 2 aliphatic rings. The molecule has 0 unspecified atom stereocenters. The molecule has 1 aromatic heterocycles. The summed E-state index contributed by atoms with van der Waals surface area (Å²) >= 11 is 0. The first-order valence-electron chi connectivity index (χ1n) is 7.84. The van der Waals surface area contributed by atoms with E-state index in [2.05, 4.69) is 14.8 Å². The van der Waals surface area contributed by atoms with Gasteiger partial charge in [-0.3, -0.25) is 0 Å². The fraction of sp³-hybridized carbons (Fsp3) is 0.667. The molecule has 3 heterocycles. The molecule has 0 radical (unpaired) electrons. The zero-order valence-corrected chi connectivity index (χ0v) is 12.3. The molecule has 0 bridgehead atoms. The molecule has 2 aliphatic heterocycles. The van der Waals surface area contributed by atoms with Crippen molar-refractivity contribution in [1.29, 1.82) is 0 Å². The van der Waals surface area contributed by atoms with Crippen LogP contribution in [0.1, 0.15) is 32.1 Å². The minimum absolute atomic E-state index is 0.0195. The fourth-order valence-corrected chi connectivity index (χ4v) is 3.53. The number of nitro groups is 1. The van der Waals surface area contributed by atoms with Gasteiger partial charge in [0.25, 0.3) is 0 Å². The SMILES string of the molecule is O=[N+]([O-])c1ncccc1N1CCC(N2CCCCC2)CC1. The number of rotatable bonds is 3. The van der Waals surface area contributed by atoms with Crippen LogP contribution in [0.25, 0.3) is 0 Å². The van der Waals surface area contributed by atoms with E-state index in [1.807, 2.05) is 6.07 Å². The average molecular weight is 290 g/mol. The molecule has 6 nitrogen and oxygen atoms in total. The van der Waals surface area contributed by atoms with Crippen LogP contribution in [-0.4, -0.2) is 47.0 Å². The monoisotopic (exact) mass is 290 g/mol. The fourth-order valence-electron chi connectivity index (χ4n) is 3.53. The van der Waals surface area contributed by atoms with Crippen molar-refractivity contribution >= 4 is 11.5 Å². The minimum Gasteiger partial charge on any atom is -0.365 e. The standard InChI is InChI=1S/C15H22N4O2/c20-19(21)15-14(5-4-8-16-15)18-11-6-13(7-12-18)17-9-2-1-3-10-17/h4-5,8,13H,1-3,6-7,9-12H2. The highest BCUT2D eigenvalue weighted by atomic mass is 16.6. The number of hydrogen-bond acceptors (Lipinski definition) is 5. The second-order valence-electron chi connectivity index (χ2n) is 5.92. The van der Waals surface area contributed by atoms with Gasteiger partial charge < -0.3 is 19.9 Å². The van der Waals surface area contributed by atoms with Crippen molar-refractivity contribution in [2.75, 3.05) is 31.1 Å². The Morgan fingerprint density at radius 3 is 2.52 bits per heavy atom. The molecule has 2 fully saturated rings. The molecule has 0 aromatic carbocycles. The maximum Gasteiger partial charge on any atom is 0.387 e. The van der Waals surface area contributed by atoms with Crippen molar-refractivity contribution in [3.8, 4) is 0 Å². The molecule has 0 saturated carbocycles. The van der Waals surface area contributed by atoms with Crippen LogP contribution in [0.4, 0.5) is 11.5 Å². The van der Waals surface area contributed by atoms with Gasteiger partial charge in [-0.05, 0) is 60.8 Å². The van der Waals surface area contributed by atoms with Gasteiger partial charge in [-0.1, -0.05) is 6.42 Å². The normalized spacial score (nSPS) is 21.4. The lowest BCUT2D eigenvalue weighted by atomic mass is 9.99. The van der Waals surface area contributed by atoms with E-state index in [1.54, 1.807) is 6.07 Å². The Bertz CT molecular complexity index is 494. The Hall–Kier alpha value is -1.69. The summed E-state index contributed by atoms with van der Waals surface area (Å²) in [6, 6.07) is 4.24. The molecule has 0 atom stereocenters. The summed E-state index contributed by atoms with van der Waals surface area (Å²) in [5.41, 5.74) is 0.666. The molecule has 0 N–H and O–H groups in total. The number of aromatic nitrogens is 1. The smallest absolute Gasteiger partial charge is 0.365 e. The van der Waals surface area contributed by atoms with E-state index in [4.69, 9.17) is 0 Å². The largest absolute Gasteiger partial charge is 0.387 e. The van der Waals surface area contributed by atoms with Gasteiger partial charge in [0.1, 0.15) is 11.9 Å². The molecule has 0 spiro atoms. The molecular weight excluding hydrogens is 268 g/mol. The van der Waals surface area contributed by atoms with Crippen LogP contribution in [0.15, 0.2) is 18.3 Å². The molecule has 3 rings (SSSR count). The van der Waals surface area contributed by atoms with Crippen LogP contribution in [0.5, 0.6) is 0 Å². The van der Waals surface area contributed by atoms with E-state index in [1.165, 1.54) is 38.5 Å². The summed E-state index contributed by atoms with van der Waals surface area (Å²) in [6.07, 6.45) is 7.65. The van der Waals surface area contributed by atoms with E-state index in [0.29, 0.717) is 11.7 Å². The van der Waals surface area contributed by atoms with Gasteiger partial charge in [0.15, 0.2) is 0 Å². The van der Waals surface area contributed by atoms with Crippen LogP contribution in [-0.2, 0) is 0 Å². The number of pyridine rings is 1. The van der Waals surface area contributed by atoms with E-state index in [-0.39, 0.29) is 10.7 Å². The number of hydrogen-bond donors (Lipinski definition) is 0. The molecule has 2 saturated heterocycles. The van der Waals surface area contributed by atoms with Crippen LogP contribution in [0.2, 0.25) is 0 Å². The lowest BCUT2D eigenvalue weighted by Crippen LogP contribution is -2.46. The second kappa shape index (κ2) is 6.39. The lowest BCUT2D eigenvalue weighted by Gasteiger charge is -2.40. The van der Waals surface area contributed by atoms with Crippen LogP contribution < -0.4 is 4.90 Å². The summed E-state index contributed by atoms with van der Waals surface area (Å²) < 4.78 is 0. The Morgan fingerprint density at radius 2 is 1.86 bits per heavy atom. The Labute approximate surface area is 124 Å². The van der Waals surface area contributed by atoms with Crippen molar-refractivity contribution in [1.82, 2.24) is 9.88 Å². The van der Waals surface area contributed by atoms with Gasteiger partial charge >= 0.3 is 5.82 Å². The topological polar surface area (TPSA) is 62.5 Å². The Morgan fingerprint density at radius 1 is 1.14 bits per heavy atom. The first-order chi connectivity index (χ1) is 10.3. The molecule has 0 amide bonds. The molecule has 1 aromatic rings. The molecule has 21 heavy (non-hydrogen) atoms. The van der Waals surface area contributed by atoms with Gasteiger partial charge in [-0.2, -0.15) is 0 Å². The predicted molar refractivity (Wildman–Crippen MR) is 81.6 cm³/mol. The van der Waals surface area contributed by atoms with Gasteiger partial charge in [0.05, 0.1) is 0 Å². The first kappa shape index (κ1) is 14.3. The Balaban J connectivity index is 1.64. The number of nitrogens with zero attached hydrogens (tertiary/aromatic N) is 4. The third-order valence-corrected chi connectivity index (χ3v) is 4.65. The molecule has 114 valence electrons. The third kappa shape index (κ3) is 3.15. The van der Waals surface area contributed by atoms with Crippen LogP contribution in [0.3, 0.4) is 0 Å². The minimum atomic E-state index is -0.383. The maximum absolute atomic E-state index is 11.1.